The van der Waals surface area contributed by atoms with Crippen LogP contribution >= 0.6 is 0 Å². The molecule has 1 fully saturated rings. The number of benzene rings is 1. The summed E-state index contributed by atoms with van der Waals surface area (Å²) in [4.78, 5) is 11.9. The third kappa shape index (κ3) is 4.06. The highest BCUT2D eigenvalue weighted by Gasteiger charge is 2.26. The Morgan fingerprint density at radius 1 is 1.16 bits per heavy atom. The fraction of sp³-hybridized carbons (Fsp3) is 0.562. The first-order valence-electron chi connectivity index (χ1n) is 7.24. The van der Waals surface area contributed by atoms with Crippen molar-refractivity contribution in [3.8, 4) is 0 Å². The summed E-state index contributed by atoms with van der Waals surface area (Å²) >= 11 is 0. The standard InChI is InChI=1S/C16H23NO2/c18-12-4-11-17-16(19)15-9-7-14(8-10-15)13-5-2-1-3-6-13/h1-3,5-6,14-15,18H,4,7-12H2,(H,17,19). The number of nitrogens with one attached hydrogen (secondary N) is 1. The van der Waals surface area contributed by atoms with Crippen LogP contribution in [0.4, 0.5) is 0 Å². The highest BCUT2D eigenvalue weighted by atomic mass is 16.3. The van der Waals surface area contributed by atoms with E-state index in [0.29, 0.717) is 18.9 Å². The molecular weight excluding hydrogens is 238 g/mol. The second-order valence-corrected chi connectivity index (χ2v) is 5.33. The molecule has 104 valence electrons. The molecule has 19 heavy (non-hydrogen) atoms. The van der Waals surface area contributed by atoms with Crippen LogP contribution in [-0.4, -0.2) is 24.2 Å². The molecular formula is C16H23NO2. The molecule has 0 aliphatic heterocycles. The Hall–Kier alpha value is -1.35. The van der Waals surface area contributed by atoms with Gasteiger partial charge in [0, 0.05) is 19.1 Å². The van der Waals surface area contributed by atoms with E-state index in [1.54, 1.807) is 0 Å². The van der Waals surface area contributed by atoms with E-state index in [9.17, 15) is 4.79 Å². The van der Waals surface area contributed by atoms with Gasteiger partial charge in [0.1, 0.15) is 0 Å². The Kier molecular flexibility index (Phi) is 5.40. The highest BCUT2D eigenvalue weighted by Crippen LogP contribution is 2.35. The number of rotatable bonds is 5. The summed E-state index contributed by atoms with van der Waals surface area (Å²) in [5.41, 5.74) is 1.40. The molecule has 1 saturated carbocycles. The molecule has 3 heteroatoms. The number of carbonyl (C=O) groups excluding carboxylic acids is 1. The van der Waals surface area contributed by atoms with Gasteiger partial charge in [-0.2, -0.15) is 0 Å². The van der Waals surface area contributed by atoms with Gasteiger partial charge >= 0.3 is 0 Å². The van der Waals surface area contributed by atoms with Gasteiger partial charge in [0.25, 0.3) is 0 Å². The molecule has 0 bridgehead atoms. The summed E-state index contributed by atoms with van der Waals surface area (Å²) in [6.45, 7) is 0.731. The van der Waals surface area contributed by atoms with Crippen LogP contribution in [0.2, 0.25) is 0 Å². The second kappa shape index (κ2) is 7.29. The fourth-order valence-corrected chi connectivity index (χ4v) is 2.85. The van der Waals surface area contributed by atoms with Crippen molar-refractivity contribution in [2.45, 2.75) is 38.0 Å². The lowest BCUT2D eigenvalue weighted by atomic mass is 9.78. The first-order chi connectivity index (χ1) is 9.31. The number of aliphatic hydroxyl groups excluding tert-OH is 1. The zero-order valence-corrected chi connectivity index (χ0v) is 11.3. The van der Waals surface area contributed by atoms with Crippen LogP contribution in [0.1, 0.15) is 43.6 Å². The zero-order valence-electron chi connectivity index (χ0n) is 11.3. The Morgan fingerprint density at radius 2 is 1.84 bits per heavy atom. The van der Waals surface area contributed by atoms with Crippen molar-refractivity contribution in [3.63, 3.8) is 0 Å². The number of carbonyl (C=O) groups is 1. The first kappa shape index (κ1) is 14.1. The third-order valence-electron chi connectivity index (χ3n) is 4.00. The third-order valence-corrected chi connectivity index (χ3v) is 4.00. The number of aliphatic hydroxyl groups is 1. The van der Waals surface area contributed by atoms with E-state index in [4.69, 9.17) is 5.11 Å². The summed E-state index contributed by atoms with van der Waals surface area (Å²) in [7, 11) is 0. The van der Waals surface area contributed by atoms with Crippen LogP contribution in [0.5, 0.6) is 0 Å². The topological polar surface area (TPSA) is 49.3 Å². The summed E-state index contributed by atoms with van der Waals surface area (Å²) < 4.78 is 0. The minimum absolute atomic E-state index is 0.140. The largest absolute Gasteiger partial charge is 0.396 e. The Morgan fingerprint density at radius 3 is 2.47 bits per heavy atom. The molecule has 0 unspecified atom stereocenters. The predicted molar refractivity (Wildman–Crippen MR) is 75.9 cm³/mol. The Labute approximate surface area is 115 Å². The van der Waals surface area contributed by atoms with Crippen molar-refractivity contribution in [1.82, 2.24) is 5.32 Å². The number of hydrogen-bond donors (Lipinski definition) is 2. The van der Waals surface area contributed by atoms with Crippen LogP contribution in [0.3, 0.4) is 0 Å². The van der Waals surface area contributed by atoms with Gasteiger partial charge < -0.3 is 10.4 Å². The lowest BCUT2D eigenvalue weighted by molar-refractivity contribution is -0.126. The number of amides is 1. The fourth-order valence-electron chi connectivity index (χ4n) is 2.85. The van der Waals surface area contributed by atoms with Gasteiger partial charge in [0.2, 0.25) is 5.91 Å². The van der Waals surface area contributed by atoms with E-state index in [2.05, 4.69) is 29.6 Å². The molecule has 1 aliphatic carbocycles. The molecule has 1 aliphatic rings. The molecule has 1 aromatic carbocycles. The van der Waals surface area contributed by atoms with Gasteiger partial charge in [0.15, 0.2) is 0 Å². The van der Waals surface area contributed by atoms with E-state index < -0.39 is 0 Å². The molecule has 0 heterocycles. The first-order valence-corrected chi connectivity index (χ1v) is 7.24. The predicted octanol–water partition coefficient (Wildman–Crippen LogP) is 2.46. The van der Waals surface area contributed by atoms with Gasteiger partial charge in [-0.25, -0.2) is 0 Å². The molecule has 3 nitrogen and oxygen atoms in total. The lowest BCUT2D eigenvalue weighted by Crippen LogP contribution is -2.33. The quantitative estimate of drug-likeness (QED) is 0.800. The maximum atomic E-state index is 11.9. The molecule has 1 aromatic rings. The van der Waals surface area contributed by atoms with Crippen molar-refractivity contribution >= 4 is 5.91 Å². The SMILES string of the molecule is O=C(NCCCO)C1CCC(c2ccccc2)CC1. The van der Waals surface area contributed by atoms with Crippen molar-refractivity contribution in [2.75, 3.05) is 13.2 Å². The molecule has 0 saturated heterocycles. The van der Waals surface area contributed by atoms with E-state index in [1.165, 1.54) is 5.56 Å². The van der Waals surface area contributed by atoms with Crippen LogP contribution in [0, 0.1) is 5.92 Å². The van der Waals surface area contributed by atoms with Gasteiger partial charge in [-0.3, -0.25) is 4.79 Å². The summed E-state index contributed by atoms with van der Waals surface area (Å²) in [5, 5.41) is 11.6. The van der Waals surface area contributed by atoms with Crippen LogP contribution < -0.4 is 5.32 Å². The Balaban J connectivity index is 1.77. The average Bonchev–Trinajstić information content (AvgIpc) is 2.48. The molecule has 0 radical (unpaired) electrons. The molecule has 0 spiro atoms. The van der Waals surface area contributed by atoms with Gasteiger partial charge in [-0.1, -0.05) is 30.3 Å². The van der Waals surface area contributed by atoms with Crippen molar-refractivity contribution in [1.29, 1.82) is 0 Å². The molecule has 1 amide bonds. The van der Waals surface area contributed by atoms with Crippen LogP contribution in [-0.2, 0) is 4.79 Å². The summed E-state index contributed by atoms with van der Waals surface area (Å²) in [6.07, 6.45) is 4.80. The van der Waals surface area contributed by atoms with Crippen molar-refractivity contribution in [3.05, 3.63) is 35.9 Å². The normalized spacial score (nSPS) is 23.0. The van der Waals surface area contributed by atoms with E-state index >= 15 is 0 Å². The minimum Gasteiger partial charge on any atom is -0.396 e. The average molecular weight is 261 g/mol. The molecule has 2 N–H and O–H groups in total. The van der Waals surface area contributed by atoms with E-state index in [1.807, 2.05) is 6.07 Å². The van der Waals surface area contributed by atoms with Gasteiger partial charge in [0.05, 0.1) is 0 Å². The summed E-state index contributed by atoms with van der Waals surface area (Å²) in [6, 6.07) is 10.6. The monoisotopic (exact) mass is 261 g/mol. The zero-order chi connectivity index (χ0) is 13.5. The maximum Gasteiger partial charge on any atom is 0.223 e. The molecule has 0 aromatic heterocycles. The second-order valence-electron chi connectivity index (χ2n) is 5.33. The minimum atomic E-state index is 0.140. The lowest BCUT2D eigenvalue weighted by Gasteiger charge is -2.28. The maximum absolute atomic E-state index is 11.9. The molecule has 2 rings (SSSR count). The summed E-state index contributed by atoms with van der Waals surface area (Å²) in [5.74, 6) is 0.946. The molecule has 0 atom stereocenters. The van der Waals surface area contributed by atoms with E-state index in [-0.39, 0.29) is 18.4 Å². The number of hydrogen-bond acceptors (Lipinski definition) is 2. The van der Waals surface area contributed by atoms with E-state index in [0.717, 1.165) is 25.7 Å². The highest BCUT2D eigenvalue weighted by molar-refractivity contribution is 5.78. The van der Waals surface area contributed by atoms with Gasteiger partial charge in [-0.05, 0) is 43.6 Å². The van der Waals surface area contributed by atoms with Crippen LogP contribution in [0.15, 0.2) is 30.3 Å². The van der Waals surface area contributed by atoms with Crippen LogP contribution in [0.25, 0.3) is 0 Å². The smallest absolute Gasteiger partial charge is 0.223 e. The van der Waals surface area contributed by atoms with Crippen molar-refractivity contribution in [2.24, 2.45) is 5.92 Å². The Bertz CT molecular complexity index is 383. The van der Waals surface area contributed by atoms with Crippen molar-refractivity contribution < 1.29 is 9.90 Å². The van der Waals surface area contributed by atoms with Gasteiger partial charge in [-0.15, -0.1) is 0 Å².